The minimum absolute atomic E-state index is 0. The molecule has 2 rings (SSSR count). The number of nitrogens with two attached hydrogens (primary N) is 1. The van der Waals surface area contributed by atoms with Crippen molar-refractivity contribution >= 4 is 41.5 Å². The Kier molecular flexibility index (Phi) is 8.74. The molecule has 0 radical (unpaired) electrons. The van der Waals surface area contributed by atoms with Crippen molar-refractivity contribution in [3.8, 4) is 0 Å². The Hall–Kier alpha value is -2.09. The molecule has 0 heterocycles. The number of guanidine groups is 1. The van der Waals surface area contributed by atoms with Crippen molar-refractivity contribution < 1.29 is 4.79 Å². The number of hydrogen-bond donors (Lipinski definition) is 3. The van der Waals surface area contributed by atoms with E-state index in [1.165, 1.54) is 0 Å². The number of benzene rings is 2. The quantitative estimate of drug-likeness (QED) is 0.379. The second kappa shape index (κ2) is 10.6. The van der Waals surface area contributed by atoms with Gasteiger partial charge in [-0.3, -0.25) is 9.79 Å². The number of anilines is 1. The largest absolute Gasteiger partial charge is 0.370 e. The zero-order valence-corrected chi connectivity index (χ0v) is 15.1. The van der Waals surface area contributed by atoms with Crippen LogP contribution in [0.1, 0.15) is 12.0 Å². The van der Waals surface area contributed by atoms with Gasteiger partial charge in [-0.1, -0.05) is 48.5 Å². The Morgan fingerprint density at radius 3 is 2.26 bits per heavy atom. The van der Waals surface area contributed by atoms with Gasteiger partial charge in [-0.05, 0) is 17.7 Å². The summed E-state index contributed by atoms with van der Waals surface area (Å²) in [5.41, 5.74) is 7.71. The Balaban J connectivity index is 0.00000264. The zero-order chi connectivity index (χ0) is 15.6. The molecule has 0 aliphatic rings. The van der Waals surface area contributed by atoms with Gasteiger partial charge in [0.2, 0.25) is 5.91 Å². The van der Waals surface area contributed by atoms with Gasteiger partial charge in [0.25, 0.3) is 0 Å². The van der Waals surface area contributed by atoms with Gasteiger partial charge in [0.05, 0.1) is 6.54 Å². The standard InChI is InChI=1S/C17H20N4O.HI/c18-17(21-15-9-5-2-6-10-15)19-12-11-16(22)20-13-14-7-3-1-4-8-14;/h1-10H,11-13H2,(H,20,22)(H3,18,19,21);1H. The van der Waals surface area contributed by atoms with Crippen molar-refractivity contribution in [2.75, 3.05) is 11.9 Å². The third kappa shape index (κ3) is 7.64. The molecule has 2 aromatic rings. The van der Waals surface area contributed by atoms with E-state index in [1.807, 2.05) is 60.7 Å². The summed E-state index contributed by atoms with van der Waals surface area (Å²) < 4.78 is 0. The van der Waals surface area contributed by atoms with E-state index in [-0.39, 0.29) is 29.9 Å². The molecule has 0 aliphatic carbocycles. The van der Waals surface area contributed by atoms with Crippen molar-refractivity contribution in [2.24, 2.45) is 10.7 Å². The van der Waals surface area contributed by atoms with Crippen LogP contribution in [0.5, 0.6) is 0 Å². The van der Waals surface area contributed by atoms with Crippen LogP contribution >= 0.6 is 24.0 Å². The fourth-order valence-corrected chi connectivity index (χ4v) is 1.87. The summed E-state index contributed by atoms with van der Waals surface area (Å²) in [6.07, 6.45) is 0.310. The van der Waals surface area contributed by atoms with E-state index >= 15 is 0 Å². The third-order valence-electron chi connectivity index (χ3n) is 3.00. The number of aliphatic imine (C=N–C) groups is 1. The minimum Gasteiger partial charge on any atom is -0.370 e. The molecular weight excluding hydrogens is 403 g/mol. The Morgan fingerprint density at radius 2 is 1.61 bits per heavy atom. The van der Waals surface area contributed by atoms with Gasteiger partial charge in [-0.2, -0.15) is 0 Å². The molecule has 6 heteroatoms. The Bertz CT molecular complexity index is 617. The Labute approximate surface area is 153 Å². The summed E-state index contributed by atoms with van der Waals surface area (Å²) in [5, 5.41) is 5.82. The van der Waals surface area contributed by atoms with E-state index in [1.54, 1.807) is 0 Å². The molecule has 4 N–H and O–H groups in total. The van der Waals surface area contributed by atoms with Gasteiger partial charge in [0.15, 0.2) is 5.96 Å². The van der Waals surface area contributed by atoms with E-state index in [0.717, 1.165) is 11.3 Å². The predicted octanol–water partition coefficient (Wildman–Crippen LogP) is 2.74. The van der Waals surface area contributed by atoms with E-state index in [4.69, 9.17) is 5.73 Å². The highest BCUT2D eigenvalue weighted by molar-refractivity contribution is 14.0. The van der Waals surface area contributed by atoms with Crippen LogP contribution in [0, 0.1) is 0 Å². The molecule has 23 heavy (non-hydrogen) atoms. The fraction of sp³-hybridized carbons (Fsp3) is 0.176. The van der Waals surface area contributed by atoms with Crippen LogP contribution in [0.2, 0.25) is 0 Å². The molecule has 2 aromatic carbocycles. The summed E-state index contributed by atoms with van der Waals surface area (Å²) in [6, 6.07) is 19.3. The average Bonchev–Trinajstić information content (AvgIpc) is 2.55. The second-order valence-electron chi connectivity index (χ2n) is 4.77. The molecule has 0 fully saturated rings. The third-order valence-corrected chi connectivity index (χ3v) is 3.00. The lowest BCUT2D eigenvalue weighted by Crippen LogP contribution is -2.25. The van der Waals surface area contributed by atoms with Crippen molar-refractivity contribution in [1.82, 2.24) is 5.32 Å². The number of nitrogens with one attached hydrogen (secondary N) is 2. The summed E-state index contributed by atoms with van der Waals surface area (Å²) in [7, 11) is 0. The second-order valence-corrected chi connectivity index (χ2v) is 4.77. The van der Waals surface area contributed by atoms with Gasteiger partial charge in [0.1, 0.15) is 0 Å². The van der Waals surface area contributed by atoms with Gasteiger partial charge in [0, 0.05) is 18.7 Å². The van der Waals surface area contributed by atoms with Crippen molar-refractivity contribution in [3.63, 3.8) is 0 Å². The van der Waals surface area contributed by atoms with Gasteiger partial charge < -0.3 is 16.4 Å². The lowest BCUT2D eigenvalue weighted by molar-refractivity contribution is -0.121. The van der Waals surface area contributed by atoms with E-state index < -0.39 is 0 Å². The number of nitrogens with zero attached hydrogens (tertiary/aromatic N) is 1. The topological polar surface area (TPSA) is 79.5 Å². The SMILES string of the molecule is I.NC(=NCCC(=O)NCc1ccccc1)Nc1ccccc1. The van der Waals surface area contributed by atoms with Crippen molar-refractivity contribution in [2.45, 2.75) is 13.0 Å². The van der Waals surface area contributed by atoms with E-state index in [2.05, 4.69) is 15.6 Å². The summed E-state index contributed by atoms with van der Waals surface area (Å²) in [6.45, 7) is 0.882. The normalized spacial score (nSPS) is 10.5. The van der Waals surface area contributed by atoms with Crippen LogP contribution in [0.15, 0.2) is 65.7 Å². The number of amides is 1. The molecule has 0 saturated carbocycles. The van der Waals surface area contributed by atoms with Crippen LogP contribution in [-0.4, -0.2) is 18.4 Å². The van der Waals surface area contributed by atoms with Gasteiger partial charge >= 0.3 is 0 Å². The number of rotatable bonds is 6. The summed E-state index contributed by atoms with van der Waals surface area (Å²) in [4.78, 5) is 15.9. The van der Waals surface area contributed by atoms with Gasteiger partial charge in [-0.15, -0.1) is 24.0 Å². The van der Waals surface area contributed by atoms with E-state index in [0.29, 0.717) is 25.5 Å². The predicted molar refractivity (Wildman–Crippen MR) is 105 cm³/mol. The van der Waals surface area contributed by atoms with Gasteiger partial charge in [-0.25, -0.2) is 0 Å². The number of carbonyl (C=O) groups is 1. The van der Waals surface area contributed by atoms with Crippen molar-refractivity contribution in [3.05, 3.63) is 66.2 Å². The van der Waals surface area contributed by atoms with Crippen LogP contribution in [0.3, 0.4) is 0 Å². The number of carbonyl (C=O) groups excluding carboxylic acids is 1. The summed E-state index contributed by atoms with van der Waals surface area (Å²) >= 11 is 0. The molecule has 0 spiro atoms. The maximum atomic E-state index is 11.7. The number of hydrogen-bond acceptors (Lipinski definition) is 2. The first-order valence-electron chi connectivity index (χ1n) is 7.16. The first kappa shape index (κ1) is 19.0. The molecular formula is C17H21IN4O. The van der Waals surface area contributed by atoms with E-state index in [9.17, 15) is 4.79 Å². The molecule has 0 unspecified atom stereocenters. The molecule has 0 saturated heterocycles. The molecule has 122 valence electrons. The molecule has 0 aromatic heterocycles. The first-order chi connectivity index (χ1) is 10.7. The molecule has 0 aliphatic heterocycles. The van der Waals surface area contributed by atoms with Crippen LogP contribution < -0.4 is 16.4 Å². The molecule has 5 nitrogen and oxygen atoms in total. The van der Waals surface area contributed by atoms with Crippen LogP contribution in [0.25, 0.3) is 0 Å². The molecule has 1 amide bonds. The highest BCUT2D eigenvalue weighted by Crippen LogP contribution is 2.03. The van der Waals surface area contributed by atoms with Crippen LogP contribution in [0.4, 0.5) is 5.69 Å². The first-order valence-corrected chi connectivity index (χ1v) is 7.16. The monoisotopic (exact) mass is 424 g/mol. The fourth-order valence-electron chi connectivity index (χ4n) is 1.87. The molecule has 0 atom stereocenters. The number of halogens is 1. The zero-order valence-electron chi connectivity index (χ0n) is 12.7. The van der Waals surface area contributed by atoms with Crippen molar-refractivity contribution in [1.29, 1.82) is 0 Å². The number of para-hydroxylation sites is 1. The molecule has 0 bridgehead atoms. The minimum atomic E-state index is -0.0416. The average molecular weight is 424 g/mol. The lowest BCUT2D eigenvalue weighted by Gasteiger charge is -2.06. The maximum Gasteiger partial charge on any atom is 0.222 e. The smallest absolute Gasteiger partial charge is 0.222 e. The lowest BCUT2D eigenvalue weighted by atomic mass is 10.2. The van der Waals surface area contributed by atoms with Crippen LogP contribution in [-0.2, 0) is 11.3 Å². The Morgan fingerprint density at radius 1 is 1.00 bits per heavy atom. The summed E-state index contributed by atoms with van der Waals surface area (Å²) in [5.74, 6) is 0.266. The highest BCUT2D eigenvalue weighted by Gasteiger charge is 2.01. The highest BCUT2D eigenvalue weighted by atomic mass is 127. The maximum absolute atomic E-state index is 11.7.